The van der Waals surface area contributed by atoms with E-state index in [0.717, 1.165) is 0 Å². The Morgan fingerprint density at radius 1 is 1.19 bits per heavy atom. The molecule has 0 bridgehead atoms. The minimum absolute atomic E-state index is 0.0662. The normalized spacial score (nSPS) is 10.5. The second kappa shape index (κ2) is 6.78. The van der Waals surface area contributed by atoms with Gasteiger partial charge < -0.3 is 10.6 Å². The minimum atomic E-state index is -0.168. The van der Waals surface area contributed by atoms with Crippen LogP contribution in [0.2, 0.25) is 10.0 Å². The molecule has 0 fully saturated rings. The van der Waals surface area contributed by atoms with E-state index in [1.807, 2.05) is 13.8 Å². The Balaban J connectivity index is 2.21. The number of hydrogen-bond acceptors (Lipinski definition) is 3. The number of aromatic nitrogens is 1. The van der Waals surface area contributed by atoms with Crippen LogP contribution in [0.25, 0.3) is 0 Å². The molecule has 0 atom stereocenters. The highest BCUT2D eigenvalue weighted by Crippen LogP contribution is 2.28. The van der Waals surface area contributed by atoms with Crippen molar-refractivity contribution in [3.05, 3.63) is 52.3 Å². The van der Waals surface area contributed by atoms with Gasteiger partial charge in [0, 0.05) is 17.3 Å². The van der Waals surface area contributed by atoms with Gasteiger partial charge in [-0.1, -0.05) is 23.2 Å². The summed E-state index contributed by atoms with van der Waals surface area (Å²) in [5.74, 6) is -0.168. The molecule has 1 amide bonds. The molecule has 2 N–H and O–H groups in total. The number of rotatable bonds is 4. The summed E-state index contributed by atoms with van der Waals surface area (Å²) in [6.45, 7) is 3.80. The third-order valence-corrected chi connectivity index (χ3v) is 3.19. The molecule has 1 aromatic carbocycles. The number of carbonyl (C=O) groups is 1. The van der Waals surface area contributed by atoms with Crippen LogP contribution in [0, 0.1) is 0 Å². The molecule has 0 aliphatic carbocycles. The lowest BCUT2D eigenvalue weighted by Gasteiger charge is -2.11. The molecule has 0 radical (unpaired) electrons. The SMILES string of the molecule is CC(C)NC(=O)c1cncc(Nc2cc(Cl)ccc2Cl)c1. The third kappa shape index (κ3) is 4.34. The average Bonchev–Trinajstić information content (AvgIpc) is 2.42. The van der Waals surface area contributed by atoms with Crippen LogP contribution >= 0.6 is 23.2 Å². The van der Waals surface area contributed by atoms with Crippen molar-refractivity contribution in [3.8, 4) is 0 Å². The van der Waals surface area contributed by atoms with Crippen LogP contribution in [0.1, 0.15) is 24.2 Å². The lowest BCUT2D eigenvalue weighted by Crippen LogP contribution is -2.30. The maximum atomic E-state index is 12.0. The predicted molar refractivity (Wildman–Crippen MR) is 86.6 cm³/mol. The topological polar surface area (TPSA) is 54.0 Å². The molecule has 0 saturated carbocycles. The summed E-state index contributed by atoms with van der Waals surface area (Å²) in [6.07, 6.45) is 3.13. The molecule has 110 valence electrons. The number of anilines is 2. The predicted octanol–water partition coefficient (Wildman–Crippen LogP) is 4.27. The summed E-state index contributed by atoms with van der Waals surface area (Å²) in [5.41, 5.74) is 1.80. The number of benzene rings is 1. The molecule has 2 rings (SSSR count). The number of carbonyl (C=O) groups excluding carboxylic acids is 1. The van der Waals surface area contributed by atoms with Gasteiger partial charge in [0.25, 0.3) is 5.91 Å². The molecule has 21 heavy (non-hydrogen) atoms. The molecular weight excluding hydrogens is 309 g/mol. The maximum absolute atomic E-state index is 12.0. The van der Waals surface area contributed by atoms with Gasteiger partial charge in [-0.25, -0.2) is 0 Å². The van der Waals surface area contributed by atoms with Crippen molar-refractivity contribution in [3.63, 3.8) is 0 Å². The second-order valence-electron chi connectivity index (χ2n) is 4.84. The van der Waals surface area contributed by atoms with E-state index in [2.05, 4.69) is 15.6 Å². The van der Waals surface area contributed by atoms with Crippen LogP contribution < -0.4 is 10.6 Å². The Kier molecular flexibility index (Phi) is 5.04. The fourth-order valence-corrected chi connectivity index (χ4v) is 2.06. The molecule has 0 spiro atoms. The molecular formula is C15H15Cl2N3O. The van der Waals surface area contributed by atoms with Gasteiger partial charge in [-0.05, 0) is 38.1 Å². The first-order chi connectivity index (χ1) is 9.95. The minimum Gasteiger partial charge on any atom is -0.353 e. The summed E-state index contributed by atoms with van der Waals surface area (Å²) in [7, 11) is 0. The van der Waals surface area contributed by atoms with Gasteiger partial charge in [-0.15, -0.1) is 0 Å². The fraction of sp³-hybridized carbons (Fsp3) is 0.200. The van der Waals surface area contributed by atoms with Crippen molar-refractivity contribution in [2.75, 3.05) is 5.32 Å². The summed E-state index contributed by atoms with van der Waals surface area (Å²) in [4.78, 5) is 16.0. The van der Waals surface area contributed by atoms with Crippen molar-refractivity contribution in [2.45, 2.75) is 19.9 Å². The Labute approximate surface area is 133 Å². The third-order valence-electron chi connectivity index (χ3n) is 2.63. The molecule has 4 nitrogen and oxygen atoms in total. The second-order valence-corrected chi connectivity index (χ2v) is 5.68. The molecule has 2 aromatic rings. The first-order valence-corrected chi connectivity index (χ1v) is 7.19. The van der Waals surface area contributed by atoms with E-state index < -0.39 is 0 Å². The lowest BCUT2D eigenvalue weighted by atomic mass is 10.2. The number of pyridine rings is 1. The van der Waals surface area contributed by atoms with Crippen molar-refractivity contribution in [1.29, 1.82) is 0 Å². The fourth-order valence-electron chi connectivity index (χ4n) is 1.73. The molecule has 1 aromatic heterocycles. The van der Waals surface area contributed by atoms with Gasteiger partial charge in [-0.2, -0.15) is 0 Å². The number of amides is 1. The van der Waals surface area contributed by atoms with Gasteiger partial charge in [0.1, 0.15) is 0 Å². The number of hydrogen-bond donors (Lipinski definition) is 2. The Bertz CT molecular complexity index is 659. The zero-order valence-electron chi connectivity index (χ0n) is 11.7. The molecule has 0 aliphatic heterocycles. The summed E-state index contributed by atoms with van der Waals surface area (Å²) in [5, 5.41) is 7.03. The maximum Gasteiger partial charge on any atom is 0.253 e. The Morgan fingerprint density at radius 2 is 1.95 bits per heavy atom. The largest absolute Gasteiger partial charge is 0.353 e. The number of nitrogens with one attached hydrogen (secondary N) is 2. The van der Waals surface area contributed by atoms with Crippen LogP contribution in [0.3, 0.4) is 0 Å². The molecule has 0 aliphatic rings. The van der Waals surface area contributed by atoms with Crippen molar-refractivity contribution < 1.29 is 4.79 Å². The van der Waals surface area contributed by atoms with Crippen LogP contribution in [0.15, 0.2) is 36.7 Å². The van der Waals surface area contributed by atoms with Gasteiger partial charge in [0.15, 0.2) is 0 Å². The van der Waals surface area contributed by atoms with E-state index in [1.54, 1.807) is 30.5 Å². The van der Waals surface area contributed by atoms with Crippen LogP contribution in [-0.4, -0.2) is 16.9 Å². The Morgan fingerprint density at radius 3 is 2.67 bits per heavy atom. The zero-order valence-corrected chi connectivity index (χ0v) is 13.2. The van der Waals surface area contributed by atoms with Crippen LogP contribution in [0.5, 0.6) is 0 Å². The van der Waals surface area contributed by atoms with Crippen molar-refractivity contribution >= 4 is 40.5 Å². The lowest BCUT2D eigenvalue weighted by molar-refractivity contribution is 0.0943. The standard InChI is InChI=1S/C15H15Cl2N3O/c1-9(2)19-15(21)10-5-12(8-18-7-10)20-14-6-11(16)3-4-13(14)17/h3-9,20H,1-2H3,(H,19,21). The highest BCUT2D eigenvalue weighted by molar-refractivity contribution is 6.35. The number of halogens is 2. The van der Waals surface area contributed by atoms with Crippen molar-refractivity contribution in [2.24, 2.45) is 0 Å². The first-order valence-electron chi connectivity index (χ1n) is 6.43. The van der Waals surface area contributed by atoms with E-state index in [-0.39, 0.29) is 11.9 Å². The highest BCUT2D eigenvalue weighted by atomic mass is 35.5. The van der Waals surface area contributed by atoms with Crippen LogP contribution in [-0.2, 0) is 0 Å². The summed E-state index contributed by atoms with van der Waals surface area (Å²) in [6, 6.07) is 6.90. The van der Waals surface area contributed by atoms with Crippen LogP contribution in [0.4, 0.5) is 11.4 Å². The van der Waals surface area contributed by atoms with E-state index in [0.29, 0.717) is 27.0 Å². The highest BCUT2D eigenvalue weighted by Gasteiger charge is 2.09. The molecule has 0 unspecified atom stereocenters. The zero-order chi connectivity index (χ0) is 15.4. The van der Waals surface area contributed by atoms with E-state index in [1.165, 1.54) is 6.20 Å². The average molecular weight is 324 g/mol. The van der Waals surface area contributed by atoms with E-state index in [4.69, 9.17) is 23.2 Å². The Hall–Kier alpha value is -1.78. The molecule has 0 saturated heterocycles. The van der Waals surface area contributed by atoms with Gasteiger partial charge in [-0.3, -0.25) is 9.78 Å². The summed E-state index contributed by atoms with van der Waals surface area (Å²) < 4.78 is 0. The van der Waals surface area contributed by atoms with Gasteiger partial charge in [0.2, 0.25) is 0 Å². The smallest absolute Gasteiger partial charge is 0.253 e. The molecule has 1 heterocycles. The monoisotopic (exact) mass is 323 g/mol. The van der Waals surface area contributed by atoms with Gasteiger partial charge in [0.05, 0.1) is 28.2 Å². The quantitative estimate of drug-likeness (QED) is 0.883. The van der Waals surface area contributed by atoms with Crippen molar-refractivity contribution in [1.82, 2.24) is 10.3 Å². The number of nitrogens with zero attached hydrogens (tertiary/aromatic N) is 1. The van der Waals surface area contributed by atoms with E-state index >= 15 is 0 Å². The van der Waals surface area contributed by atoms with E-state index in [9.17, 15) is 4.79 Å². The summed E-state index contributed by atoms with van der Waals surface area (Å²) >= 11 is 12.0. The van der Waals surface area contributed by atoms with Gasteiger partial charge >= 0.3 is 0 Å². The molecule has 6 heteroatoms. The first kappa shape index (κ1) is 15.6.